The summed E-state index contributed by atoms with van der Waals surface area (Å²) >= 11 is 3.40. The Kier molecular flexibility index (Phi) is 4.66. The topological polar surface area (TPSA) is 47.0 Å². The minimum Gasteiger partial charge on any atom is -0.481 e. The molecular formula is C13H14BrN3O. The molecule has 2 heterocycles. The summed E-state index contributed by atoms with van der Waals surface area (Å²) in [6.07, 6.45) is 5.44. The van der Waals surface area contributed by atoms with Gasteiger partial charge in [0.1, 0.15) is 0 Å². The molecule has 0 aliphatic heterocycles. The molecule has 2 rings (SSSR count). The fourth-order valence-electron chi connectivity index (χ4n) is 1.54. The summed E-state index contributed by atoms with van der Waals surface area (Å²) < 4.78 is 6.00. The molecule has 0 amide bonds. The van der Waals surface area contributed by atoms with Crippen molar-refractivity contribution in [3.8, 4) is 5.88 Å². The Balaban J connectivity index is 1.84. The van der Waals surface area contributed by atoms with Gasteiger partial charge in [0.25, 0.3) is 0 Å². The SMILES string of the molecule is COc1ccc(CNCc2cncc(Br)c2)cn1. The molecule has 0 aliphatic carbocycles. The predicted octanol–water partition coefficient (Wildman–Crippen LogP) is 2.54. The number of methoxy groups -OCH3 is 1. The van der Waals surface area contributed by atoms with Gasteiger partial charge in [-0.2, -0.15) is 0 Å². The fourth-order valence-corrected chi connectivity index (χ4v) is 1.95. The summed E-state index contributed by atoms with van der Waals surface area (Å²) in [5.41, 5.74) is 2.27. The monoisotopic (exact) mass is 307 g/mol. The van der Waals surface area contributed by atoms with Gasteiger partial charge in [-0.3, -0.25) is 4.98 Å². The zero-order chi connectivity index (χ0) is 12.8. The van der Waals surface area contributed by atoms with Gasteiger partial charge in [0.15, 0.2) is 0 Å². The number of ether oxygens (including phenoxy) is 1. The lowest BCUT2D eigenvalue weighted by Crippen LogP contribution is -2.13. The molecule has 18 heavy (non-hydrogen) atoms. The van der Waals surface area contributed by atoms with E-state index in [1.165, 1.54) is 0 Å². The first kappa shape index (κ1) is 13.0. The number of nitrogens with one attached hydrogen (secondary N) is 1. The van der Waals surface area contributed by atoms with Crippen LogP contribution in [-0.2, 0) is 13.1 Å². The van der Waals surface area contributed by atoms with Crippen molar-refractivity contribution < 1.29 is 4.74 Å². The van der Waals surface area contributed by atoms with Crippen molar-refractivity contribution in [2.24, 2.45) is 0 Å². The van der Waals surface area contributed by atoms with Crippen LogP contribution in [0.3, 0.4) is 0 Å². The standard InChI is InChI=1S/C13H14BrN3O/c1-18-13-3-2-10(8-17-13)5-15-6-11-4-12(14)9-16-7-11/h2-4,7-9,15H,5-6H2,1H3. The van der Waals surface area contributed by atoms with E-state index < -0.39 is 0 Å². The van der Waals surface area contributed by atoms with Gasteiger partial charge in [-0.25, -0.2) is 4.98 Å². The molecule has 0 fully saturated rings. The van der Waals surface area contributed by atoms with E-state index in [0.717, 1.165) is 28.7 Å². The molecule has 2 aromatic heterocycles. The maximum absolute atomic E-state index is 5.01. The Morgan fingerprint density at radius 2 is 2.00 bits per heavy atom. The number of halogens is 1. The summed E-state index contributed by atoms with van der Waals surface area (Å²) in [7, 11) is 1.61. The van der Waals surface area contributed by atoms with Crippen LogP contribution in [-0.4, -0.2) is 17.1 Å². The molecule has 0 radical (unpaired) electrons. The van der Waals surface area contributed by atoms with E-state index in [-0.39, 0.29) is 0 Å². The average Bonchev–Trinajstić information content (AvgIpc) is 2.40. The van der Waals surface area contributed by atoms with Gasteiger partial charge < -0.3 is 10.1 Å². The van der Waals surface area contributed by atoms with Crippen LogP contribution < -0.4 is 10.1 Å². The van der Waals surface area contributed by atoms with E-state index in [0.29, 0.717) is 5.88 Å². The van der Waals surface area contributed by atoms with Gasteiger partial charge in [0.2, 0.25) is 5.88 Å². The molecule has 0 aromatic carbocycles. The van der Waals surface area contributed by atoms with Crippen LogP contribution >= 0.6 is 15.9 Å². The highest BCUT2D eigenvalue weighted by Crippen LogP contribution is 2.10. The van der Waals surface area contributed by atoms with Crippen molar-refractivity contribution in [3.05, 3.63) is 52.4 Å². The molecule has 0 bridgehead atoms. The van der Waals surface area contributed by atoms with Gasteiger partial charge in [-0.05, 0) is 33.1 Å². The van der Waals surface area contributed by atoms with Crippen molar-refractivity contribution in [2.45, 2.75) is 13.1 Å². The van der Waals surface area contributed by atoms with Crippen LogP contribution in [0.15, 0.2) is 41.3 Å². The highest BCUT2D eigenvalue weighted by molar-refractivity contribution is 9.10. The second-order valence-electron chi connectivity index (χ2n) is 3.82. The quantitative estimate of drug-likeness (QED) is 0.922. The first-order chi connectivity index (χ1) is 8.78. The Bertz CT molecular complexity index is 502. The van der Waals surface area contributed by atoms with Crippen LogP contribution in [0, 0.1) is 0 Å². The fraction of sp³-hybridized carbons (Fsp3) is 0.231. The molecule has 4 nitrogen and oxygen atoms in total. The number of rotatable bonds is 5. The van der Waals surface area contributed by atoms with Crippen LogP contribution in [0.5, 0.6) is 5.88 Å². The molecular weight excluding hydrogens is 294 g/mol. The summed E-state index contributed by atoms with van der Waals surface area (Å²) in [6, 6.07) is 5.90. The van der Waals surface area contributed by atoms with E-state index >= 15 is 0 Å². The molecule has 0 aliphatic rings. The Labute approximate surface area is 115 Å². The summed E-state index contributed by atoms with van der Waals surface area (Å²) in [4.78, 5) is 8.27. The Morgan fingerprint density at radius 3 is 2.67 bits per heavy atom. The van der Waals surface area contributed by atoms with E-state index in [4.69, 9.17) is 4.74 Å². The number of aromatic nitrogens is 2. The zero-order valence-corrected chi connectivity index (χ0v) is 11.6. The molecule has 0 atom stereocenters. The maximum atomic E-state index is 5.01. The third kappa shape index (κ3) is 3.78. The molecule has 1 N–H and O–H groups in total. The average molecular weight is 308 g/mol. The first-order valence-electron chi connectivity index (χ1n) is 5.57. The van der Waals surface area contributed by atoms with Gasteiger partial charge in [0.05, 0.1) is 7.11 Å². The van der Waals surface area contributed by atoms with E-state index in [1.807, 2.05) is 30.6 Å². The minimum atomic E-state index is 0.634. The summed E-state index contributed by atoms with van der Waals surface area (Å²) in [5, 5.41) is 3.34. The van der Waals surface area contributed by atoms with Crippen molar-refractivity contribution in [1.29, 1.82) is 0 Å². The molecule has 0 saturated heterocycles. The van der Waals surface area contributed by atoms with E-state index in [1.54, 1.807) is 13.3 Å². The maximum Gasteiger partial charge on any atom is 0.212 e. The van der Waals surface area contributed by atoms with E-state index in [2.05, 4.69) is 31.2 Å². The molecule has 2 aromatic rings. The highest BCUT2D eigenvalue weighted by atomic mass is 79.9. The van der Waals surface area contributed by atoms with Gasteiger partial charge in [-0.15, -0.1) is 0 Å². The third-order valence-electron chi connectivity index (χ3n) is 2.43. The van der Waals surface area contributed by atoms with Crippen LogP contribution in [0.4, 0.5) is 0 Å². The second kappa shape index (κ2) is 6.47. The third-order valence-corrected chi connectivity index (χ3v) is 2.86. The lowest BCUT2D eigenvalue weighted by atomic mass is 10.2. The summed E-state index contributed by atoms with van der Waals surface area (Å²) in [5.74, 6) is 0.634. The zero-order valence-electron chi connectivity index (χ0n) is 10.1. The van der Waals surface area contributed by atoms with Gasteiger partial charge in [0, 0.05) is 42.2 Å². The normalized spacial score (nSPS) is 10.3. The van der Waals surface area contributed by atoms with Gasteiger partial charge in [-0.1, -0.05) is 6.07 Å². The second-order valence-corrected chi connectivity index (χ2v) is 4.74. The summed E-state index contributed by atoms with van der Waals surface area (Å²) in [6.45, 7) is 1.54. The van der Waals surface area contributed by atoms with Crippen LogP contribution in [0.1, 0.15) is 11.1 Å². The number of pyridine rings is 2. The van der Waals surface area contributed by atoms with Crippen LogP contribution in [0.25, 0.3) is 0 Å². The van der Waals surface area contributed by atoms with Gasteiger partial charge >= 0.3 is 0 Å². The molecule has 94 valence electrons. The molecule has 0 spiro atoms. The minimum absolute atomic E-state index is 0.634. The van der Waals surface area contributed by atoms with Crippen molar-refractivity contribution in [2.75, 3.05) is 7.11 Å². The van der Waals surface area contributed by atoms with Crippen molar-refractivity contribution >= 4 is 15.9 Å². The molecule has 0 saturated carbocycles. The smallest absolute Gasteiger partial charge is 0.212 e. The number of hydrogen-bond donors (Lipinski definition) is 1. The van der Waals surface area contributed by atoms with Crippen molar-refractivity contribution in [1.82, 2.24) is 15.3 Å². The highest BCUT2D eigenvalue weighted by Gasteiger charge is 1.97. The lowest BCUT2D eigenvalue weighted by Gasteiger charge is -2.05. The van der Waals surface area contributed by atoms with Crippen LogP contribution in [0.2, 0.25) is 0 Å². The predicted molar refractivity (Wildman–Crippen MR) is 73.3 cm³/mol. The Hall–Kier alpha value is -1.46. The molecule has 5 heteroatoms. The lowest BCUT2D eigenvalue weighted by molar-refractivity contribution is 0.397. The van der Waals surface area contributed by atoms with Crippen molar-refractivity contribution in [3.63, 3.8) is 0 Å². The first-order valence-corrected chi connectivity index (χ1v) is 6.36. The number of nitrogens with zero attached hydrogens (tertiary/aromatic N) is 2. The molecule has 0 unspecified atom stereocenters. The largest absolute Gasteiger partial charge is 0.481 e. The number of hydrogen-bond acceptors (Lipinski definition) is 4. The Morgan fingerprint density at radius 1 is 1.17 bits per heavy atom. The van der Waals surface area contributed by atoms with E-state index in [9.17, 15) is 0 Å².